The standard InChI is InChI=1S/C11H14N4/c1-8-5-3-4-6-10(8)15-11(9(2)12)7-13-14-15/h3-7,9H,12H2,1-2H3. The van der Waals surface area contributed by atoms with Gasteiger partial charge in [-0.3, -0.25) is 0 Å². The van der Waals surface area contributed by atoms with Crippen molar-refractivity contribution in [3.63, 3.8) is 0 Å². The predicted octanol–water partition coefficient (Wildman–Crippen LogP) is 1.60. The van der Waals surface area contributed by atoms with Crippen LogP contribution in [0.25, 0.3) is 5.69 Å². The Balaban J connectivity index is 2.55. The Morgan fingerprint density at radius 1 is 1.33 bits per heavy atom. The molecule has 0 spiro atoms. The van der Waals surface area contributed by atoms with Crippen LogP contribution in [0.4, 0.5) is 0 Å². The first kappa shape index (κ1) is 9.86. The van der Waals surface area contributed by atoms with Gasteiger partial charge >= 0.3 is 0 Å². The van der Waals surface area contributed by atoms with Crippen molar-refractivity contribution >= 4 is 0 Å². The molecule has 1 atom stereocenters. The topological polar surface area (TPSA) is 56.7 Å². The van der Waals surface area contributed by atoms with E-state index in [1.165, 1.54) is 0 Å². The number of rotatable bonds is 2. The molecule has 1 aromatic heterocycles. The van der Waals surface area contributed by atoms with E-state index < -0.39 is 0 Å². The largest absolute Gasteiger partial charge is 0.323 e. The summed E-state index contributed by atoms with van der Waals surface area (Å²) in [6.45, 7) is 3.97. The smallest absolute Gasteiger partial charge is 0.0810 e. The highest BCUT2D eigenvalue weighted by Gasteiger charge is 2.10. The third-order valence-corrected chi connectivity index (χ3v) is 2.39. The van der Waals surface area contributed by atoms with Gasteiger partial charge in [-0.1, -0.05) is 23.4 Å². The Labute approximate surface area is 88.7 Å². The summed E-state index contributed by atoms with van der Waals surface area (Å²) >= 11 is 0. The first-order valence-corrected chi connectivity index (χ1v) is 4.92. The normalized spacial score (nSPS) is 12.7. The third kappa shape index (κ3) is 1.76. The Morgan fingerprint density at radius 2 is 2.07 bits per heavy atom. The van der Waals surface area contributed by atoms with Gasteiger partial charge in [0.2, 0.25) is 0 Å². The van der Waals surface area contributed by atoms with Crippen molar-refractivity contribution in [2.45, 2.75) is 19.9 Å². The first-order valence-electron chi connectivity index (χ1n) is 4.92. The summed E-state index contributed by atoms with van der Waals surface area (Å²) in [6.07, 6.45) is 1.71. The van der Waals surface area contributed by atoms with E-state index in [4.69, 9.17) is 5.73 Å². The molecule has 0 radical (unpaired) electrons. The van der Waals surface area contributed by atoms with E-state index in [-0.39, 0.29) is 6.04 Å². The maximum Gasteiger partial charge on any atom is 0.0810 e. The maximum atomic E-state index is 5.85. The molecule has 15 heavy (non-hydrogen) atoms. The summed E-state index contributed by atoms with van der Waals surface area (Å²) in [5.74, 6) is 0. The monoisotopic (exact) mass is 202 g/mol. The van der Waals surface area contributed by atoms with Gasteiger partial charge in [0, 0.05) is 6.04 Å². The molecule has 0 bridgehead atoms. The number of nitrogens with zero attached hydrogens (tertiary/aromatic N) is 3. The fourth-order valence-electron chi connectivity index (χ4n) is 1.54. The van der Waals surface area contributed by atoms with Gasteiger partial charge in [0.25, 0.3) is 0 Å². The summed E-state index contributed by atoms with van der Waals surface area (Å²) < 4.78 is 1.79. The lowest BCUT2D eigenvalue weighted by molar-refractivity contribution is 0.695. The Hall–Kier alpha value is -1.68. The van der Waals surface area contributed by atoms with Crippen LogP contribution in [0.3, 0.4) is 0 Å². The molecular weight excluding hydrogens is 188 g/mol. The quantitative estimate of drug-likeness (QED) is 0.804. The number of aromatic nitrogens is 3. The summed E-state index contributed by atoms with van der Waals surface area (Å²) in [6, 6.07) is 7.97. The van der Waals surface area contributed by atoms with Crippen LogP contribution < -0.4 is 5.73 Å². The van der Waals surface area contributed by atoms with Crippen molar-refractivity contribution in [3.8, 4) is 5.69 Å². The highest BCUT2D eigenvalue weighted by atomic mass is 15.4. The SMILES string of the molecule is Cc1ccccc1-n1nncc1C(C)N. The van der Waals surface area contributed by atoms with E-state index >= 15 is 0 Å². The molecule has 2 aromatic rings. The molecule has 0 amide bonds. The van der Waals surface area contributed by atoms with Gasteiger partial charge in [-0.05, 0) is 25.5 Å². The van der Waals surface area contributed by atoms with Gasteiger partial charge in [-0.25, -0.2) is 4.68 Å². The number of nitrogens with two attached hydrogens (primary N) is 1. The van der Waals surface area contributed by atoms with Crippen molar-refractivity contribution in [2.24, 2.45) is 5.73 Å². The van der Waals surface area contributed by atoms with Crippen molar-refractivity contribution in [2.75, 3.05) is 0 Å². The molecule has 4 nitrogen and oxygen atoms in total. The predicted molar refractivity (Wildman–Crippen MR) is 58.7 cm³/mol. The maximum absolute atomic E-state index is 5.85. The lowest BCUT2D eigenvalue weighted by atomic mass is 10.2. The van der Waals surface area contributed by atoms with Crippen molar-refractivity contribution < 1.29 is 0 Å². The fraction of sp³-hybridized carbons (Fsp3) is 0.273. The molecule has 1 unspecified atom stereocenters. The van der Waals surface area contributed by atoms with E-state index in [9.17, 15) is 0 Å². The van der Waals surface area contributed by atoms with Crippen LogP contribution in [0, 0.1) is 6.92 Å². The van der Waals surface area contributed by atoms with Crippen LogP contribution in [-0.2, 0) is 0 Å². The summed E-state index contributed by atoms with van der Waals surface area (Å²) in [5, 5.41) is 7.95. The Kier molecular flexibility index (Phi) is 2.51. The highest BCUT2D eigenvalue weighted by Crippen LogP contribution is 2.16. The van der Waals surface area contributed by atoms with E-state index in [0.717, 1.165) is 16.9 Å². The van der Waals surface area contributed by atoms with Crippen molar-refractivity contribution in [3.05, 3.63) is 41.7 Å². The van der Waals surface area contributed by atoms with Crippen LogP contribution in [0.1, 0.15) is 24.2 Å². The fourth-order valence-corrected chi connectivity index (χ4v) is 1.54. The van der Waals surface area contributed by atoms with Gasteiger partial charge in [0.05, 0.1) is 17.6 Å². The molecule has 0 saturated heterocycles. The van der Waals surface area contributed by atoms with E-state index in [1.54, 1.807) is 10.9 Å². The second-order valence-electron chi connectivity index (χ2n) is 3.65. The van der Waals surface area contributed by atoms with Crippen LogP contribution in [0.5, 0.6) is 0 Å². The molecule has 0 saturated carbocycles. The Morgan fingerprint density at radius 3 is 2.73 bits per heavy atom. The molecule has 78 valence electrons. The zero-order valence-corrected chi connectivity index (χ0v) is 8.88. The van der Waals surface area contributed by atoms with Crippen LogP contribution in [0.2, 0.25) is 0 Å². The van der Waals surface area contributed by atoms with E-state index in [2.05, 4.69) is 10.3 Å². The highest BCUT2D eigenvalue weighted by molar-refractivity contribution is 5.40. The summed E-state index contributed by atoms with van der Waals surface area (Å²) in [4.78, 5) is 0. The van der Waals surface area contributed by atoms with Crippen molar-refractivity contribution in [1.82, 2.24) is 15.0 Å². The third-order valence-electron chi connectivity index (χ3n) is 2.39. The van der Waals surface area contributed by atoms with Gasteiger partial charge in [0.1, 0.15) is 0 Å². The molecular formula is C11H14N4. The molecule has 0 aliphatic carbocycles. The summed E-state index contributed by atoms with van der Waals surface area (Å²) in [7, 11) is 0. The minimum Gasteiger partial charge on any atom is -0.323 e. The van der Waals surface area contributed by atoms with Crippen LogP contribution in [0.15, 0.2) is 30.5 Å². The second kappa shape index (κ2) is 3.82. The molecule has 2 rings (SSSR count). The lowest BCUT2D eigenvalue weighted by Crippen LogP contribution is -2.12. The average Bonchev–Trinajstić information content (AvgIpc) is 2.67. The number of hydrogen-bond donors (Lipinski definition) is 1. The number of para-hydroxylation sites is 1. The van der Waals surface area contributed by atoms with Crippen molar-refractivity contribution in [1.29, 1.82) is 0 Å². The first-order chi connectivity index (χ1) is 7.20. The molecule has 1 heterocycles. The molecule has 0 aliphatic heterocycles. The number of benzene rings is 1. The number of hydrogen-bond acceptors (Lipinski definition) is 3. The van der Waals surface area contributed by atoms with Crippen LogP contribution in [-0.4, -0.2) is 15.0 Å². The minimum absolute atomic E-state index is 0.0698. The molecule has 0 aliphatic rings. The van der Waals surface area contributed by atoms with Gasteiger partial charge in [-0.2, -0.15) is 0 Å². The second-order valence-corrected chi connectivity index (χ2v) is 3.65. The minimum atomic E-state index is -0.0698. The zero-order chi connectivity index (χ0) is 10.8. The lowest BCUT2D eigenvalue weighted by Gasteiger charge is -2.10. The summed E-state index contributed by atoms with van der Waals surface area (Å²) in [5.41, 5.74) is 8.95. The van der Waals surface area contributed by atoms with E-state index in [0.29, 0.717) is 0 Å². The molecule has 1 aromatic carbocycles. The molecule has 2 N–H and O–H groups in total. The van der Waals surface area contributed by atoms with E-state index in [1.807, 2.05) is 38.1 Å². The number of aryl methyl sites for hydroxylation is 1. The molecule has 4 heteroatoms. The average molecular weight is 202 g/mol. The Bertz CT molecular complexity index is 459. The van der Waals surface area contributed by atoms with Gasteiger partial charge in [-0.15, -0.1) is 5.10 Å². The van der Waals surface area contributed by atoms with Gasteiger partial charge < -0.3 is 5.73 Å². The van der Waals surface area contributed by atoms with Crippen LogP contribution >= 0.6 is 0 Å². The molecule has 0 fully saturated rings. The zero-order valence-electron chi connectivity index (χ0n) is 8.88. The van der Waals surface area contributed by atoms with Gasteiger partial charge in [0.15, 0.2) is 0 Å².